The molecule has 136 valence electrons. The van der Waals surface area contributed by atoms with E-state index < -0.39 is 0 Å². The highest BCUT2D eigenvalue weighted by molar-refractivity contribution is 5.67. The van der Waals surface area contributed by atoms with Gasteiger partial charge in [-0.2, -0.15) is 5.10 Å². The Kier molecular flexibility index (Phi) is 4.42. The molecule has 0 unspecified atom stereocenters. The molecule has 2 aromatic heterocycles. The Morgan fingerprint density at radius 2 is 2.07 bits per heavy atom. The first kappa shape index (κ1) is 17.0. The van der Waals surface area contributed by atoms with E-state index in [2.05, 4.69) is 35.6 Å². The lowest BCUT2D eigenvalue weighted by molar-refractivity contribution is 0.626. The highest BCUT2D eigenvalue weighted by atomic mass is 19.1. The number of nitrogens with zero attached hydrogens (tertiary/aromatic N) is 4. The van der Waals surface area contributed by atoms with Gasteiger partial charge in [0.15, 0.2) is 5.82 Å². The number of anilines is 3. The van der Waals surface area contributed by atoms with Gasteiger partial charge in [0.2, 0.25) is 11.6 Å². The smallest absolute Gasteiger partial charge is 0.246 e. The molecule has 1 fully saturated rings. The molecular weight excluding hydrogens is 345 g/mol. The number of hydrogen-bond donors (Lipinski definition) is 3. The topological polar surface area (TPSA) is 82.9 Å². The normalized spacial score (nSPS) is 14.4. The van der Waals surface area contributed by atoms with Crippen LogP contribution in [-0.4, -0.2) is 20.2 Å². The van der Waals surface area contributed by atoms with Crippen LogP contribution in [0.3, 0.4) is 0 Å². The summed E-state index contributed by atoms with van der Waals surface area (Å²) >= 11 is 0. The van der Waals surface area contributed by atoms with Crippen molar-refractivity contribution >= 4 is 23.3 Å². The summed E-state index contributed by atoms with van der Waals surface area (Å²) in [5.74, 6) is 1.70. The van der Waals surface area contributed by atoms with Crippen molar-refractivity contribution in [2.24, 2.45) is 0 Å². The Bertz CT molecular complexity index is 986. The van der Waals surface area contributed by atoms with Gasteiger partial charge in [0.1, 0.15) is 11.6 Å². The van der Waals surface area contributed by atoms with Crippen molar-refractivity contribution in [3.8, 4) is 0 Å². The molecule has 3 aromatic rings. The predicted molar refractivity (Wildman–Crippen MR) is 101 cm³/mol. The fraction of sp³-hybridized carbons (Fsp3) is 0.263. The lowest BCUT2D eigenvalue weighted by Gasteiger charge is -2.16. The fourth-order valence-electron chi connectivity index (χ4n) is 2.78. The van der Waals surface area contributed by atoms with Gasteiger partial charge in [-0.15, -0.1) is 0 Å². The highest BCUT2D eigenvalue weighted by Gasteiger charge is 2.25. The van der Waals surface area contributed by atoms with Gasteiger partial charge in [-0.05, 0) is 37.5 Å². The number of benzene rings is 1. The van der Waals surface area contributed by atoms with Crippen molar-refractivity contribution in [3.63, 3.8) is 0 Å². The molecule has 7 nitrogen and oxygen atoms in total. The summed E-state index contributed by atoms with van der Waals surface area (Å²) in [6.07, 6.45) is 3.84. The van der Waals surface area contributed by atoms with E-state index in [1.807, 2.05) is 13.0 Å². The van der Waals surface area contributed by atoms with Gasteiger partial charge in [0.25, 0.3) is 0 Å². The number of hydrogen-bond acceptors (Lipinski definition) is 5. The minimum atomic E-state index is -0.286. The van der Waals surface area contributed by atoms with E-state index in [9.17, 15) is 4.39 Å². The first-order valence-corrected chi connectivity index (χ1v) is 8.71. The second kappa shape index (κ2) is 7.03. The molecule has 3 N–H and O–H groups in total. The largest absolute Gasteiger partial charge is 0.372 e. The summed E-state index contributed by atoms with van der Waals surface area (Å²) in [4.78, 5) is 12.1. The standard InChI is InChI=1S/C19H18FN7/c1-11(12-5-7-14(20)8-6-12)23-18-16(21-2)10-22-19(25-18)24-17-9-15(26-27-17)13-3-4-13/h5-11,13H,3-4H2,1H3,(H3,22,23,24,25,26,27)/t11-/m0/s1. The van der Waals surface area contributed by atoms with Crippen molar-refractivity contribution in [1.82, 2.24) is 20.2 Å². The molecule has 0 radical (unpaired) electrons. The third kappa shape index (κ3) is 3.87. The second-order valence-electron chi connectivity index (χ2n) is 6.56. The number of aromatic amines is 1. The maximum atomic E-state index is 13.1. The van der Waals surface area contributed by atoms with Crippen molar-refractivity contribution in [2.75, 3.05) is 10.6 Å². The summed E-state index contributed by atoms with van der Waals surface area (Å²) in [7, 11) is 0. The molecule has 0 amide bonds. The van der Waals surface area contributed by atoms with Gasteiger partial charge in [0.05, 0.1) is 6.57 Å². The van der Waals surface area contributed by atoms with E-state index in [-0.39, 0.29) is 11.9 Å². The summed E-state index contributed by atoms with van der Waals surface area (Å²) in [6.45, 7) is 9.25. The van der Waals surface area contributed by atoms with Crippen LogP contribution in [0.1, 0.15) is 43.0 Å². The van der Waals surface area contributed by atoms with Gasteiger partial charge in [0, 0.05) is 29.9 Å². The first-order valence-electron chi connectivity index (χ1n) is 8.71. The SMILES string of the molecule is [C-]#[N+]c1cnc(Nc2cc(C3CC3)[nH]n2)nc1N[C@@H](C)c1ccc(F)cc1. The molecule has 1 aliphatic rings. The average molecular weight is 363 g/mol. The predicted octanol–water partition coefficient (Wildman–Crippen LogP) is 4.68. The lowest BCUT2D eigenvalue weighted by atomic mass is 10.1. The third-order valence-corrected chi connectivity index (χ3v) is 4.47. The Morgan fingerprint density at radius 1 is 1.30 bits per heavy atom. The van der Waals surface area contributed by atoms with Gasteiger partial charge in [-0.3, -0.25) is 5.10 Å². The molecule has 0 saturated heterocycles. The summed E-state index contributed by atoms with van der Waals surface area (Å²) in [5.41, 5.74) is 2.32. The molecular formula is C19H18FN7. The molecule has 1 aromatic carbocycles. The highest BCUT2D eigenvalue weighted by Crippen LogP contribution is 2.39. The summed E-state index contributed by atoms with van der Waals surface area (Å²) in [5, 5.41) is 13.5. The molecule has 27 heavy (non-hydrogen) atoms. The number of nitrogens with one attached hydrogen (secondary N) is 3. The van der Waals surface area contributed by atoms with E-state index in [0.29, 0.717) is 29.2 Å². The van der Waals surface area contributed by atoms with E-state index in [1.54, 1.807) is 12.1 Å². The first-order chi connectivity index (χ1) is 13.1. The van der Waals surface area contributed by atoms with Crippen LogP contribution in [0.5, 0.6) is 0 Å². The molecule has 0 aliphatic heterocycles. The van der Waals surface area contributed by atoms with Gasteiger partial charge >= 0.3 is 0 Å². The molecule has 1 atom stereocenters. The Balaban J connectivity index is 1.52. The van der Waals surface area contributed by atoms with Crippen LogP contribution < -0.4 is 10.6 Å². The Hall–Kier alpha value is -3.47. The Morgan fingerprint density at radius 3 is 2.78 bits per heavy atom. The van der Waals surface area contributed by atoms with Crippen LogP contribution in [0.15, 0.2) is 36.5 Å². The number of H-pyrrole nitrogens is 1. The zero-order valence-corrected chi connectivity index (χ0v) is 14.7. The summed E-state index contributed by atoms with van der Waals surface area (Å²) < 4.78 is 13.1. The zero-order valence-electron chi connectivity index (χ0n) is 14.7. The maximum absolute atomic E-state index is 13.1. The van der Waals surface area contributed by atoms with Crippen molar-refractivity contribution in [1.29, 1.82) is 0 Å². The fourth-order valence-corrected chi connectivity index (χ4v) is 2.78. The monoisotopic (exact) mass is 363 g/mol. The van der Waals surface area contributed by atoms with Crippen molar-refractivity contribution < 1.29 is 4.39 Å². The van der Waals surface area contributed by atoms with Gasteiger partial charge in [-0.25, -0.2) is 19.2 Å². The molecule has 0 bridgehead atoms. The van der Waals surface area contributed by atoms with Gasteiger partial charge in [-0.1, -0.05) is 12.1 Å². The quantitative estimate of drug-likeness (QED) is 0.554. The minimum Gasteiger partial charge on any atom is -0.372 e. The number of aromatic nitrogens is 4. The lowest BCUT2D eigenvalue weighted by Crippen LogP contribution is -2.09. The average Bonchev–Trinajstić information content (AvgIpc) is 3.42. The molecule has 2 heterocycles. The minimum absolute atomic E-state index is 0.152. The molecule has 4 rings (SSSR count). The third-order valence-electron chi connectivity index (χ3n) is 4.47. The number of rotatable bonds is 6. The van der Waals surface area contributed by atoms with E-state index in [1.165, 1.54) is 31.2 Å². The van der Waals surface area contributed by atoms with Crippen LogP contribution in [0.4, 0.5) is 27.7 Å². The van der Waals surface area contributed by atoms with E-state index in [4.69, 9.17) is 6.57 Å². The van der Waals surface area contributed by atoms with Crippen molar-refractivity contribution in [2.45, 2.75) is 31.7 Å². The molecule has 8 heteroatoms. The molecule has 1 saturated carbocycles. The van der Waals surface area contributed by atoms with Crippen molar-refractivity contribution in [3.05, 3.63) is 65.0 Å². The van der Waals surface area contributed by atoms with Gasteiger partial charge < -0.3 is 10.6 Å². The van der Waals surface area contributed by atoms with Crippen LogP contribution in [-0.2, 0) is 0 Å². The molecule has 1 aliphatic carbocycles. The maximum Gasteiger partial charge on any atom is 0.246 e. The van der Waals surface area contributed by atoms with E-state index >= 15 is 0 Å². The Labute approximate surface area is 155 Å². The van der Waals surface area contributed by atoms with Crippen LogP contribution in [0.2, 0.25) is 0 Å². The summed E-state index contributed by atoms with van der Waals surface area (Å²) in [6, 6.07) is 8.03. The van der Waals surface area contributed by atoms with Crippen LogP contribution >= 0.6 is 0 Å². The molecule has 0 spiro atoms. The zero-order chi connectivity index (χ0) is 18.8. The van der Waals surface area contributed by atoms with Crippen LogP contribution in [0, 0.1) is 12.4 Å². The van der Waals surface area contributed by atoms with Crippen LogP contribution in [0.25, 0.3) is 4.85 Å². The second-order valence-corrected chi connectivity index (χ2v) is 6.56. The van der Waals surface area contributed by atoms with E-state index in [0.717, 1.165) is 11.3 Å². The number of halogens is 1.